The Labute approximate surface area is 463 Å². The van der Waals surface area contributed by atoms with Crippen LogP contribution in [0.1, 0.15) is 81.7 Å². The summed E-state index contributed by atoms with van der Waals surface area (Å²) in [7, 11) is 0. The number of benzene rings is 4. The summed E-state index contributed by atoms with van der Waals surface area (Å²) in [4.78, 5) is 47.8. The van der Waals surface area contributed by atoms with Crippen molar-refractivity contribution in [3.8, 4) is 52.4 Å². The van der Waals surface area contributed by atoms with Crippen LogP contribution in [0.25, 0.3) is 44.1 Å². The van der Waals surface area contributed by atoms with Crippen molar-refractivity contribution in [1.82, 2.24) is 40.5 Å². The number of likely N-dealkylation sites (tertiary alicyclic amines) is 2. The van der Waals surface area contributed by atoms with E-state index in [9.17, 15) is 33.0 Å². The molecule has 16 nitrogen and oxygen atoms in total. The fraction of sp³-hybridized carbons (Fsp3) is 0.400. The summed E-state index contributed by atoms with van der Waals surface area (Å²) < 4.78 is 92.6. The normalized spacial score (nSPS) is 20.3. The van der Waals surface area contributed by atoms with Gasteiger partial charge in [-0.1, -0.05) is 50.1 Å². The van der Waals surface area contributed by atoms with Crippen LogP contribution in [-0.4, -0.2) is 129 Å². The highest BCUT2D eigenvalue weighted by atomic mass is 19.2. The molecule has 0 spiro atoms. The Balaban J connectivity index is 0.702. The van der Waals surface area contributed by atoms with Crippen LogP contribution in [0.15, 0.2) is 77.4 Å². The molecule has 422 valence electrons. The Morgan fingerprint density at radius 1 is 0.901 bits per heavy atom. The van der Waals surface area contributed by atoms with E-state index in [0.29, 0.717) is 60.5 Å². The summed E-state index contributed by atoms with van der Waals surface area (Å²) >= 11 is 0. The highest BCUT2D eigenvalue weighted by Crippen LogP contribution is 2.40. The number of carbonyl (C=O) groups is 2. The number of aromatic hydroxyl groups is 1. The van der Waals surface area contributed by atoms with Crippen molar-refractivity contribution < 1.29 is 55.8 Å². The molecule has 0 saturated carbocycles. The summed E-state index contributed by atoms with van der Waals surface area (Å²) in [6.07, 6.45) is 9.92. The number of aromatic nitrogens is 4. The van der Waals surface area contributed by atoms with Crippen LogP contribution < -0.4 is 25.0 Å². The van der Waals surface area contributed by atoms with Gasteiger partial charge in [0.2, 0.25) is 11.8 Å². The van der Waals surface area contributed by atoms with Crippen LogP contribution in [-0.2, 0) is 9.59 Å². The molecular weight excluding hydrogens is 1050 g/mol. The van der Waals surface area contributed by atoms with Gasteiger partial charge < -0.3 is 44.6 Å². The van der Waals surface area contributed by atoms with Gasteiger partial charge in [0, 0.05) is 80.0 Å². The first-order chi connectivity index (χ1) is 39.0. The van der Waals surface area contributed by atoms with Gasteiger partial charge in [0.05, 0.1) is 35.3 Å². The monoisotopic (exact) mass is 1110 g/mol. The van der Waals surface area contributed by atoms with Gasteiger partial charge in [0.1, 0.15) is 64.6 Å². The zero-order valence-corrected chi connectivity index (χ0v) is 44.8. The van der Waals surface area contributed by atoms with Crippen LogP contribution >= 0.6 is 0 Å². The SMILES string of the molecule is C#Cc1c(F)ccc2cc(O)cc(-c3ncc4c(N5CC6CCC(C5)N6)nc(OCCN5CCC(COc6cc([C@H](C(=O)N7C[C@H](O)C[C@H]7C(=O)N[C@@H](C)c7ccc(-c8c(F)cc(F)cc8F)cc7)C(C)C)on6)CC5)nc4c3F)c12. The minimum Gasteiger partial charge on any atom is -0.508 e. The molecule has 2 amide bonds. The number of terminal acetylenes is 1. The van der Waals surface area contributed by atoms with Gasteiger partial charge in [0.15, 0.2) is 11.6 Å². The number of fused-ring (bicyclic) bond motifs is 4. The Morgan fingerprint density at radius 2 is 1.63 bits per heavy atom. The maximum Gasteiger partial charge on any atom is 0.319 e. The molecule has 4 aromatic carbocycles. The first-order valence-electron chi connectivity index (χ1n) is 27.3. The van der Waals surface area contributed by atoms with E-state index in [1.807, 2.05) is 13.8 Å². The van der Waals surface area contributed by atoms with Gasteiger partial charge >= 0.3 is 6.01 Å². The van der Waals surface area contributed by atoms with Gasteiger partial charge in [-0.2, -0.15) is 9.97 Å². The number of ether oxygens (including phenoxy) is 2. The molecule has 81 heavy (non-hydrogen) atoms. The summed E-state index contributed by atoms with van der Waals surface area (Å²) in [6, 6.07) is 13.2. The molecule has 4 N–H and O–H groups in total. The summed E-state index contributed by atoms with van der Waals surface area (Å²) in [5.74, 6) is -3.28. The highest BCUT2D eigenvalue weighted by molar-refractivity contribution is 6.03. The van der Waals surface area contributed by atoms with Gasteiger partial charge in [-0.25, -0.2) is 22.0 Å². The fourth-order valence-corrected chi connectivity index (χ4v) is 11.9. The summed E-state index contributed by atoms with van der Waals surface area (Å²) in [5, 5.41) is 33.1. The summed E-state index contributed by atoms with van der Waals surface area (Å²) in [5.41, 5.74) is 0.262. The van der Waals surface area contributed by atoms with Crippen molar-refractivity contribution in [2.24, 2.45) is 11.8 Å². The topological polar surface area (TPSA) is 192 Å². The number of carbonyl (C=O) groups excluding carboxylic acids is 2. The molecule has 4 fully saturated rings. The fourth-order valence-electron chi connectivity index (χ4n) is 11.9. The number of hydrogen-bond donors (Lipinski definition) is 4. The molecule has 7 aromatic rings. The number of pyridine rings is 1. The van der Waals surface area contributed by atoms with Crippen LogP contribution in [0.3, 0.4) is 0 Å². The highest BCUT2D eigenvalue weighted by Gasteiger charge is 2.44. The molecule has 2 unspecified atom stereocenters. The third kappa shape index (κ3) is 11.3. The van der Waals surface area contributed by atoms with E-state index < -0.39 is 65.0 Å². The number of aliphatic hydroxyl groups excluding tert-OH is 1. The number of nitrogens with one attached hydrogen (secondary N) is 2. The Bertz CT molecular complexity index is 3540. The predicted octanol–water partition coefficient (Wildman–Crippen LogP) is 8.57. The maximum absolute atomic E-state index is 17.1. The maximum atomic E-state index is 17.1. The lowest BCUT2D eigenvalue weighted by atomic mass is 9.91. The van der Waals surface area contributed by atoms with Gasteiger partial charge in [0.25, 0.3) is 5.88 Å². The number of aliphatic hydroxyl groups is 1. The third-order valence-corrected chi connectivity index (χ3v) is 16.1. The number of rotatable bonds is 16. The Kier molecular flexibility index (Phi) is 15.6. The predicted molar refractivity (Wildman–Crippen MR) is 291 cm³/mol. The number of hydrogen-bond acceptors (Lipinski definition) is 14. The number of piperidine rings is 1. The minimum absolute atomic E-state index is 0.00762. The molecule has 4 saturated heterocycles. The zero-order chi connectivity index (χ0) is 56.8. The molecule has 0 aliphatic carbocycles. The number of halogens is 5. The average Bonchev–Trinajstić information content (AvgIpc) is 4.19. The van der Waals surface area contributed by atoms with Gasteiger partial charge in [-0.15, -0.1) is 6.42 Å². The first-order valence-corrected chi connectivity index (χ1v) is 27.3. The van der Waals surface area contributed by atoms with E-state index in [1.165, 1.54) is 47.5 Å². The number of phenols is 1. The number of β-amino-alcohol motifs (C(OH)–C–C–N with tert-alkyl or cyclic N) is 1. The van der Waals surface area contributed by atoms with Crippen LogP contribution in [0, 0.1) is 53.3 Å². The van der Waals surface area contributed by atoms with Crippen LogP contribution in [0.2, 0.25) is 0 Å². The summed E-state index contributed by atoms with van der Waals surface area (Å²) in [6.45, 7) is 9.21. The second kappa shape index (κ2) is 22.9. The molecule has 3 aromatic heterocycles. The smallest absolute Gasteiger partial charge is 0.319 e. The molecule has 21 heteroatoms. The lowest BCUT2D eigenvalue weighted by Gasteiger charge is -2.34. The minimum atomic E-state index is -1.04. The number of amides is 2. The molecule has 2 bridgehead atoms. The van der Waals surface area contributed by atoms with Crippen molar-refractivity contribution in [2.45, 2.75) is 89.1 Å². The lowest BCUT2D eigenvalue weighted by Crippen LogP contribution is -2.51. The molecule has 4 aliphatic rings. The van der Waals surface area contributed by atoms with Crippen molar-refractivity contribution in [1.29, 1.82) is 0 Å². The molecular formula is C60H60F5N9O7. The molecule has 11 rings (SSSR count). The van der Waals surface area contributed by atoms with Crippen molar-refractivity contribution in [2.75, 3.05) is 57.4 Å². The molecule has 0 radical (unpaired) electrons. The molecule has 7 heterocycles. The van der Waals surface area contributed by atoms with E-state index in [-0.39, 0.29) is 106 Å². The van der Waals surface area contributed by atoms with E-state index in [4.69, 9.17) is 25.4 Å². The number of phenolic OH excluding ortho intramolecular Hbond substituents is 1. The van der Waals surface area contributed by atoms with E-state index in [0.717, 1.165) is 38.8 Å². The van der Waals surface area contributed by atoms with E-state index in [2.05, 4.69) is 41.5 Å². The van der Waals surface area contributed by atoms with Gasteiger partial charge in [-0.3, -0.25) is 19.5 Å². The van der Waals surface area contributed by atoms with E-state index >= 15 is 8.78 Å². The third-order valence-electron chi connectivity index (χ3n) is 16.1. The molecule has 4 aliphatic heterocycles. The Morgan fingerprint density at radius 3 is 2.33 bits per heavy atom. The zero-order valence-electron chi connectivity index (χ0n) is 44.8. The van der Waals surface area contributed by atoms with E-state index in [1.54, 1.807) is 25.1 Å². The van der Waals surface area contributed by atoms with Crippen molar-refractivity contribution in [3.63, 3.8) is 0 Å². The second-order valence-corrected chi connectivity index (χ2v) is 21.9. The number of piperazine rings is 1. The van der Waals surface area contributed by atoms with Crippen LogP contribution in [0.4, 0.5) is 27.8 Å². The second-order valence-electron chi connectivity index (χ2n) is 21.9. The average molecular weight is 1110 g/mol. The quantitative estimate of drug-likeness (QED) is 0.0532. The number of nitrogens with zero attached hydrogens (tertiary/aromatic N) is 7. The standard InChI is InChI=1S/C60H60F5N9O7/c1-5-42-45(62)13-10-36-20-40(75)23-43(52(36)42)55-54(65)56-44(26-66-55)57(73-27-38-11-12-39(28-73)68-38)70-60(69-56)79-19-18-72-16-14-33(15-17-72)30-80-50-25-49(81-71-50)51(31(2)3)59(78)74-29-41(76)24-48(74)58(77)67-32(4)34-6-8-35(9-7-34)53-46(63)21-37(61)22-47(53)64/h1,6-10,13,20-23,25-26,31-33,38-39,41,48,51,68,75-76H,11-12,14-19,24,27-30H2,2-4H3,(H,67,77)/t32-,38?,39?,41+,48-,51+/m0/s1. The lowest BCUT2D eigenvalue weighted by molar-refractivity contribution is -0.141. The van der Waals surface area contributed by atoms with Crippen LogP contribution in [0.5, 0.6) is 17.6 Å². The van der Waals surface area contributed by atoms with Crippen molar-refractivity contribution >= 4 is 39.3 Å². The van der Waals surface area contributed by atoms with Gasteiger partial charge in [-0.05, 0) is 97.4 Å². The van der Waals surface area contributed by atoms with Crippen molar-refractivity contribution in [3.05, 3.63) is 119 Å². The Hall–Kier alpha value is -7.93. The number of anilines is 1. The molecule has 6 atom stereocenters. The first kappa shape index (κ1) is 55.0. The largest absolute Gasteiger partial charge is 0.508 e.